The third-order valence-electron chi connectivity index (χ3n) is 3.05. The van der Waals surface area contributed by atoms with Crippen LogP contribution in [0.3, 0.4) is 0 Å². The summed E-state index contributed by atoms with van der Waals surface area (Å²) in [6.07, 6.45) is 0. The molecule has 2 aromatic rings. The van der Waals surface area contributed by atoms with Crippen LogP contribution in [0.4, 0.5) is 0 Å². The molecular formula is C16H18ClNO. The zero-order valence-corrected chi connectivity index (χ0v) is 12.0. The van der Waals surface area contributed by atoms with Gasteiger partial charge in [-0.15, -0.1) is 0 Å². The van der Waals surface area contributed by atoms with Crippen molar-refractivity contribution in [3.8, 4) is 16.9 Å². The lowest BCUT2D eigenvalue weighted by Crippen LogP contribution is -2.12. The Bertz CT molecular complexity index is 554. The van der Waals surface area contributed by atoms with Crippen LogP contribution in [0.15, 0.2) is 42.5 Å². The fourth-order valence-electron chi connectivity index (χ4n) is 2.05. The minimum atomic E-state index is 0.637. The summed E-state index contributed by atoms with van der Waals surface area (Å²) >= 11 is 6.20. The predicted octanol–water partition coefficient (Wildman–Crippen LogP) is 4.13. The molecule has 0 aromatic heterocycles. The summed E-state index contributed by atoms with van der Waals surface area (Å²) in [4.78, 5) is 0. The van der Waals surface area contributed by atoms with Crippen molar-refractivity contribution >= 4 is 11.6 Å². The van der Waals surface area contributed by atoms with Crippen molar-refractivity contribution in [1.29, 1.82) is 0 Å². The van der Waals surface area contributed by atoms with E-state index >= 15 is 0 Å². The molecule has 0 aliphatic carbocycles. The van der Waals surface area contributed by atoms with Gasteiger partial charge in [0.2, 0.25) is 0 Å². The molecule has 0 atom stereocenters. The number of ether oxygens (including phenoxy) is 1. The van der Waals surface area contributed by atoms with Crippen molar-refractivity contribution < 1.29 is 4.74 Å². The van der Waals surface area contributed by atoms with Crippen LogP contribution in [-0.2, 0) is 6.54 Å². The van der Waals surface area contributed by atoms with E-state index in [1.807, 2.05) is 24.3 Å². The van der Waals surface area contributed by atoms with E-state index in [1.54, 1.807) is 7.11 Å². The van der Waals surface area contributed by atoms with Crippen LogP contribution >= 0.6 is 11.6 Å². The minimum absolute atomic E-state index is 0.637. The lowest BCUT2D eigenvalue weighted by Gasteiger charge is -2.11. The first-order valence-corrected chi connectivity index (χ1v) is 6.76. The number of methoxy groups -OCH3 is 1. The van der Waals surface area contributed by atoms with Gasteiger partial charge in [0.1, 0.15) is 5.75 Å². The topological polar surface area (TPSA) is 21.3 Å². The van der Waals surface area contributed by atoms with Gasteiger partial charge in [-0.3, -0.25) is 0 Å². The summed E-state index contributed by atoms with van der Waals surface area (Å²) in [5.41, 5.74) is 3.58. The number of rotatable bonds is 5. The molecule has 19 heavy (non-hydrogen) atoms. The van der Waals surface area contributed by atoms with Gasteiger partial charge in [-0.1, -0.05) is 48.9 Å². The Kier molecular flexibility index (Phi) is 4.83. The fourth-order valence-corrected chi connectivity index (χ4v) is 2.31. The molecule has 0 aliphatic rings. The zero-order valence-electron chi connectivity index (χ0n) is 11.2. The molecule has 3 heteroatoms. The Morgan fingerprint density at radius 2 is 1.95 bits per heavy atom. The molecule has 2 nitrogen and oxygen atoms in total. The first-order chi connectivity index (χ1) is 9.26. The summed E-state index contributed by atoms with van der Waals surface area (Å²) in [5, 5.41) is 3.99. The number of hydrogen-bond acceptors (Lipinski definition) is 2. The molecule has 2 rings (SSSR count). The Balaban J connectivity index is 2.38. The van der Waals surface area contributed by atoms with Crippen molar-refractivity contribution in [2.24, 2.45) is 0 Å². The van der Waals surface area contributed by atoms with Crippen LogP contribution in [0.25, 0.3) is 11.1 Å². The Morgan fingerprint density at radius 3 is 2.63 bits per heavy atom. The van der Waals surface area contributed by atoms with Gasteiger partial charge in [0.05, 0.1) is 12.1 Å². The van der Waals surface area contributed by atoms with E-state index in [2.05, 4.69) is 30.4 Å². The van der Waals surface area contributed by atoms with Crippen molar-refractivity contribution in [2.75, 3.05) is 13.7 Å². The maximum Gasteiger partial charge on any atom is 0.137 e. The Morgan fingerprint density at radius 1 is 1.16 bits per heavy atom. The number of benzene rings is 2. The highest BCUT2D eigenvalue weighted by molar-refractivity contribution is 6.32. The molecule has 0 aliphatic heterocycles. The molecule has 0 amide bonds. The normalized spacial score (nSPS) is 10.5. The van der Waals surface area contributed by atoms with Crippen molar-refractivity contribution in [2.45, 2.75) is 13.5 Å². The maximum absolute atomic E-state index is 6.20. The molecule has 0 heterocycles. The maximum atomic E-state index is 6.20. The van der Waals surface area contributed by atoms with Gasteiger partial charge < -0.3 is 10.1 Å². The SMILES string of the molecule is CCNCc1ccccc1-c1ccc(OC)c(Cl)c1. The molecule has 0 fully saturated rings. The summed E-state index contributed by atoms with van der Waals surface area (Å²) < 4.78 is 5.19. The minimum Gasteiger partial charge on any atom is -0.495 e. The van der Waals surface area contributed by atoms with Crippen molar-refractivity contribution in [3.63, 3.8) is 0 Å². The van der Waals surface area contributed by atoms with Gasteiger partial charge in [0.25, 0.3) is 0 Å². The average molecular weight is 276 g/mol. The van der Waals surface area contributed by atoms with Crippen molar-refractivity contribution in [3.05, 3.63) is 53.1 Å². The quantitative estimate of drug-likeness (QED) is 0.886. The van der Waals surface area contributed by atoms with E-state index in [-0.39, 0.29) is 0 Å². The molecule has 0 bridgehead atoms. The lowest BCUT2D eigenvalue weighted by molar-refractivity contribution is 0.415. The first kappa shape index (κ1) is 13.9. The van der Waals surface area contributed by atoms with E-state index in [0.29, 0.717) is 10.8 Å². The molecule has 1 N–H and O–H groups in total. The molecule has 0 saturated heterocycles. The largest absolute Gasteiger partial charge is 0.495 e. The van der Waals surface area contributed by atoms with Gasteiger partial charge in [0.15, 0.2) is 0 Å². The molecule has 0 unspecified atom stereocenters. The van der Waals surface area contributed by atoms with Crippen LogP contribution in [0, 0.1) is 0 Å². The van der Waals surface area contributed by atoms with Crippen LogP contribution in [0.5, 0.6) is 5.75 Å². The highest BCUT2D eigenvalue weighted by Crippen LogP contribution is 2.31. The van der Waals surface area contributed by atoms with E-state index in [9.17, 15) is 0 Å². The van der Waals surface area contributed by atoms with Crippen LogP contribution < -0.4 is 10.1 Å². The van der Waals surface area contributed by atoms with Crippen LogP contribution in [0.2, 0.25) is 5.02 Å². The molecule has 0 radical (unpaired) electrons. The number of nitrogens with one attached hydrogen (secondary N) is 1. The third-order valence-corrected chi connectivity index (χ3v) is 3.34. The third kappa shape index (κ3) is 3.28. The molecule has 2 aromatic carbocycles. The number of halogens is 1. The van der Waals surface area contributed by atoms with Crippen molar-refractivity contribution in [1.82, 2.24) is 5.32 Å². The summed E-state index contributed by atoms with van der Waals surface area (Å²) in [7, 11) is 1.63. The summed E-state index contributed by atoms with van der Waals surface area (Å²) in [6, 6.07) is 14.2. The standard InChI is InChI=1S/C16H18ClNO/c1-3-18-11-13-6-4-5-7-14(13)12-8-9-16(19-2)15(17)10-12/h4-10,18H,3,11H2,1-2H3. The van der Waals surface area contributed by atoms with Gasteiger partial charge in [-0.2, -0.15) is 0 Å². The Labute approximate surface area is 119 Å². The monoisotopic (exact) mass is 275 g/mol. The highest BCUT2D eigenvalue weighted by Gasteiger charge is 2.07. The fraction of sp³-hybridized carbons (Fsp3) is 0.250. The van der Waals surface area contributed by atoms with Gasteiger partial charge >= 0.3 is 0 Å². The second-order valence-corrected chi connectivity index (χ2v) is 4.69. The van der Waals surface area contributed by atoms with Crippen LogP contribution in [0.1, 0.15) is 12.5 Å². The molecule has 0 spiro atoms. The van der Waals surface area contributed by atoms with Gasteiger partial charge in [0, 0.05) is 6.54 Å². The average Bonchev–Trinajstić information content (AvgIpc) is 2.45. The molecule has 0 saturated carbocycles. The lowest BCUT2D eigenvalue weighted by atomic mass is 9.99. The molecular weight excluding hydrogens is 258 g/mol. The molecule has 100 valence electrons. The van der Waals surface area contributed by atoms with E-state index in [0.717, 1.165) is 18.7 Å². The first-order valence-electron chi connectivity index (χ1n) is 6.38. The van der Waals surface area contributed by atoms with E-state index < -0.39 is 0 Å². The second-order valence-electron chi connectivity index (χ2n) is 4.29. The summed E-state index contributed by atoms with van der Waals surface area (Å²) in [5.74, 6) is 0.703. The van der Waals surface area contributed by atoms with Gasteiger partial charge in [-0.25, -0.2) is 0 Å². The van der Waals surface area contributed by atoms with Gasteiger partial charge in [-0.05, 0) is 35.4 Å². The zero-order chi connectivity index (χ0) is 13.7. The van der Waals surface area contributed by atoms with E-state index in [1.165, 1.54) is 11.1 Å². The smallest absolute Gasteiger partial charge is 0.137 e. The highest BCUT2D eigenvalue weighted by atomic mass is 35.5. The predicted molar refractivity (Wildman–Crippen MR) is 80.8 cm³/mol. The second kappa shape index (κ2) is 6.60. The van der Waals surface area contributed by atoms with E-state index in [4.69, 9.17) is 16.3 Å². The Hall–Kier alpha value is -1.51. The number of hydrogen-bond donors (Lipinski definition) is 1. The van der Waals surface area contributed by atoms with Crippen LogP contribution in [-0.4, -0.2) is 13.7 Å². The summed E-state index contributed by atoms with van der Waals surface area (Å²) in [6.45, 7) is 3.92.